The highest BCUT2D eigenvalue weighted by Gasteiger charge is 2.18. The largest absolute Gasteiger partial charge is 0.484 e. The molecule has 2 heterocycles. The topological polar surface area (TPSA) is 109 Å². The molecule has 0 fully saturated rings. The van der Waals surface area contributed by atoms with E-state index in [0.717, 1.165) is 5.56 Å². The second kappa shape index (κ2) is 6.71. The monoisotopic (exact) mass is 347 g/mol. The number of amides is 1. The third-order valence-electron chi connectivity index (χ3n) is 3.22. The predicted octanol–water partition coefficient (Wildman–Crippen LogP) is 2.14. The first-order valence-corrected chi connectivity index (χ1v) is 7.53. The summed E-state index contributed by atoms with van der Waals surface area (Å²) in [6.45, 7) is 2.39. The Hall–Kier alpha value is -2.87. The van der Waals surface area contributed by atoms with Crippen molar-refractivity contribution in [1.29, 1.82) is 0 Å². The molecule has 0 saturated carbocycles. The average molecular weight is 348 g/mol. The summed E-state index contributed by atoms with van der Waals surface area (Å²) in [6.07, 6.45) is 1.54. The van der Waals surface area contributed by atoms with Gasteiger partial charge in [-0.25, -0.2) is 0 Å². The van der Waals surface area contributed by atoms with E-state index in [1.807, 2.05) is 6.92 Å². The SMILES string of the molecule is CCn1ncc(Cl)c1-c1nc(-c2ccc(OCC(N)=O)cc2)no1. The molecule has 0 aliphatic heterocycles. The highest BCUT2D eigenvalue weighted by Crippen LogP contribution is 2.28. The summed E-state index contributed by atoms with van der Waals surface area (Å²) < 4.78 is 12.2. The van der Waals surface area contributed by atoms with Gasteiger partial charge in [-0.2, -0.15) is 10.1 Å². The molecular weight excluding hydrogens is 334 g/mol. The number of primary amides is 1. The number of aryl methyl sites for hydroxylation is 1. The first kappa shape index (κ1) is 16.0. The van der Waals surface area contributed by atoms with Gasteiger partial charge in [0.1, 0.15) is 11.4 Å². The number of benzene rings is 1. The Labute approximate surface area is 142 Å². The van der Waals surface area contributed by atoms with E-state index >= 15 is 0 Å². The van der Waals surface area contributed by atoms with E-state index in [9.17, 15) is 4.79 Å². The van der Waals surface area contributed by atoms with Crippen LogP contribution in [0.3, 0.4) is 0 Å². The molecule has 0 aliphatic carbocycles. The minimum Gasteiger partial charge on any atom is -0.484 e. The lowest BCUT2D eigenvalue weighted by Crippen LogP contribution is -2.19. The third-order valence-corrected chi connectivity index (χ3v) is 3.49. The van der Waals surface area contributed by atoms with E-state index in [-0.39, 0.29) is 6.61 Å². The summed E-state index contributed by atoms with van der Waals surface area (Å²) >= 11 is 6.13. The third kappa shape index (κ3) is 3.23. The second-order valence-corrected chi connectivity index (χ2v) is 5.27. The first-order chi connectivity index (χ1) is 11.6. The number of ether oxygens (including phenoxy) is 1. The molecule has 2 N–H and O–H groups in total. The maximum absolute atomic E-state index is 10.7. The predicted molar refractivity (Wildman–Crippen MR) is 86.3 cm³/mol. The molecule has 1 aromatic carbocycles. The summed E-state index contributed by atoms with van der Waals surface area (Å²) in [5.41, 5.74) is 6.35. The van der Waals surface area contributed by atoms with Crippen LogP contribution in [0.25, 0.3) is 23.0 Å². The minimum absolute atomic E-state index is 0.175. The molecule has 124 valence electrons. The molecule has 2 aromatic heterocycles. The first-order valence-electron chi connectivity index (χ1n) is 7.15. The van der Waals surface area contributed by atoms with Crippen LogP contribution in [-0.4, -0.2) is 32.4 Å². The number of halogens is 1. The van der Waals surface area contributed by atoms with Gasteiger partial charge in [0.15, 0.2) is 6.61 Å². The molecular formula is C15H14ClN5O3. The van der Waals surface area contributed by atoms with Gasteiger partial charge in [0.2, 0.25) is 5.82 Å². The van der Waals surface area contributed by atoms with Crippen LogP contribution in [0.15, 0.2) is 35.0 Å². The lowest BCUT2D eigenvalue weighted by atomic mass is 10.2. The molecule has 0 spiro atoms. The number of aromatic nitrogens is 4. The van der Waals surface area contributed by atoms with Crippen LogP contribution in [0.1, 0.15) is 6.92 Å². The van der Waals surface area contributed by atoms with Crippen molar-refractivity contribution in [3.63, 3.8) is 0 Å². The molecule has 9 heteroatoms. The van der Waals surface area contributed by atoms with Gasteiger partial charge in [-0.15, -0.1) is 0 Å². The summed E-state index contributed by atoms with van der Waals surface area (Å²) in [4.78, 5) is 15.1. The smallest absolute Gasteiger partial charge is 0.278 e. The van der Waals surface area contributed by atoms with Crippen molar-refractivity contribution in [2.45, 2.75) is 13.5 Å². The van der Waals surface area contributed by atoms with Crippen LogP contribution in [0.5, 0.6) is 5.75 Å². The minimum atomic E-state index is -0.536. The van der Waals surface area contributed by atoms with Crippen molar-refractivity contribution >= 4 is 17.5 Å². The van der Waals surface area contributed by atoms with Crippen molar-refractivity contribution in [3.05, 3.63) is 35.5 Å². The van der Waals surface area contributed by atoms with Crippen molar-refractivity contribution < 1.29 is 14.1 Å². The highest BCUT2D eigenvalue weighted by atomic mass is 35.5. The molecule has 0 bridgehead atoms. The van der Waals surface area contributed by atoms with Gasteiger partial charge >= 0.3 is 0 Å². The Morgan fingerprint density at radius 2 is 2.12 bits per heavy atom. The van der Waals surface area contributed by atoms with E-state index in [1.54, 1.807) is 28.9 Å². The Balaban J connectivity index is 1.83. The lowest BCUT2D eigenvalue weighted by Gasteiger charge is -2.03. The maximum Gasteiger partial charge on any atom is 0.278 e. The van der Waals surface area contributed by atoms with E-state index in [2.05, 4.69) is 15.2 Å². The van der Waals surface area contributed by atoms with E-state index < -0.39 is 5.91 Å². The molecule has 1 amide bonds. The summed E-state index contributed by atoms with van der Waals surface area (Å²) in [7, 11) is 0. The Morgan fingerprint density at radius 1 is 1.38 bits per heavy atom. The molecule has 24 heavy (non-hydrogen) atoms. The zero-order valence-electron chi connectivity index (χ0n) is 12.8. The zero-order chi connectivity index (χ0) is 17.1. The summed E-state index contributed by atoms with van der Waals surface area (Å²) in [5, 5.41) is 8.55. The number of hydrogen-bond acceptors (Lipinski definition) is 6. The molecule has 3 rings (SSSR count). The van der Waals surface area contributed by atoms with E-state index in [4.69, 9.17) is 26.6 Å². The quantitative estimate of drug-likeness (QED) is 0.731. The number of nitrogens with zero attached hydrogens (tertiary/aromatic N) is 4. The standard InChI is InChI=1S/C15H14ClN5O3/c1-2-21-13(11(16)7-18-21)15-19-14(20-24-15)9-3-5-10(6-4-9)23-8-12(17)22/h3-7H,2,8H2,1H3,(H2,17,22). The number of rotatable bonds is 6. The summed E-state index contributed by atoms with van der Waals surface area (Å²) in [5.74, 6) is 0.689. The van der Waals surface area contributed by atoms with Crippen LogP contribution >= 0.6 is 11.6 Å². The Kier molecular flexibility index (Phi) is 4.48. The lowest BCUT2D eigenvalue weighted by molar-refractivity contribution is -0.119. The van der Waals surface area contributed by atoms with Crippen LogP contribution in [0, 0.1) is 0 Å². The summed E-state index contributed by atoms with van der Waals surface area (Å²) in [6, 6.07) is 6.89. The fourth-order valence-corrected chi connectivity index (χ4v) is 2.33. The van der Waals surface area contributed by atoms with Gasteiger partial charge in [0.25, 0.3) is 11.8 Å². The number of hydrogen-bond donors (Lipinski definition) is 1. The molecule has 0 radical (unpaired) electrons. The van der Waals surface area contributed by atoms with Crippen LogP contribution < -0.4 is 10.5 Å². The van der Waals surface area contributed by atoms with Gasteiger partial charge in [-0.05, 0) is 31.2 Å². The number of carbonyl (C=O) groups excluding carboxylic acids is 1. The highest BCUT2D eigenvalue weighted by molar-refractivity contribution is 6.32. The van der Waals surface area contributed by atoms with Gasteiger partial charge < -0.3 is 15.0 Å². The number of nitrogens with two attached hydrogens (primary N) is 1. The average Bonchev–Trinajstić information content (AvgIpc) is 3.19. The Bertz CT molecular complexity index is 856. The zero-order valence-corrected chi connectivity index (χ0v) is 13.5. The fraction of sp³-hybridized carbons (Fsp3) is 0.200. The second-order valence-electron chi connectivity index (χ2n) is 4.86. The van der Waals surface area contributed by atoms with Gasteiger partial charge in [-0.1, -0.05) is 16.8 Å². The van der Waals surface area contributed by atoms with Crippen LogP contribution in [0.2, 0.25) is 5.02 Å². The van der Waals surface area contributed by atoms with E-state index in [0.29, 0.717) is 34.7 Å². The van der Waals surface area contributed by atoms with Gasteiger partial charge in [0, 0.05) is 12.1 Å². The maximum atomic E-state index is 10.7. The van der Waals surface area contributed by atoms with Crippen molar-refractivity contribution in [3.8, 4) is 28.7 Å². The number of carbonyl (C=O) groups is 1. The molecule has 0 saturated heterocycles. The van der Waals surface area contributed by atoms with Gasteiger partial charge in [0.05, 0.1) is 11.2 Å². The van der Waals surface area contributed by atoms with Crippen LogP contribution in [-0.2, 0) is 11.3 Å². The van der Waals surface area contributed by atoms with Crippen molar-refractivity contribution in [1.82, 2.24) is 19.9 Å². The van der Waals surface area contributed by atoms with Crippen molar-refractivity contribution in [2.24, 2.45) is 5.73 Å². The molecule has 0 aliphatic rings. The molecule has 3 aromatic rings. The Morgan fingerprint density at radius 3 is 2.79 bits per heavy atom. The normalized spacial score (nSPS) is 10.8. The van der Waals surface area contributed by atoms with Gasteiger partial charge in [-0.3, -0.25) is 9.48 Å². The molecule has 0 atom stereocenters. The fourth-order valence-electron chi connectivity index (χ4n) is 2.11. The van der Waals surface area contributed by atoms with E-state index in [1.165, 1.54) is 6.20 Å². The molecule has 8 nitrogen and oxygen atoms in total. The van der Waals surface area contributed by atoms with Crippen molar-refractivity contribution in [2.75, 3.05) is 6.61 Å². The van der Waals surface area contributed by atoms with Crippen LogP contribution in [0.4, 0.5) is 0 Å². The molecule has 0 unspecified atom stereocenters.